The van der Waals surface area contributed by atoms with Gasteiger partial charge in [-0.15, -0.1) is 11.3 Å². The summed E-state index contributed by atoms with van der Waals surface area (Å²) < 4.78 is 1.13. The van der Waals surface area contributed by atoms with Crippen molar-refractivity contribution in [1.82, 2.24) is 15.0 Å². The molecule has 0 aliphatic rings. The van der Waals surface area contributed by atoms with Crippen LogP contribution in [0, 0.1) is 0 Å². The molecule has 0 saturated carbocycles. The van der Waals surface area contributed by atoms with E-state index in [-0.39, 0.29) is 0 Å². The number of hydrogen-bond acceptors (Lipinski definition) is 4. The maximum absolute atomic E-state index is 6.00. The molecule has 0 N–H and O–H groups in total. The largest absolute Gasteiger partial charge is 0.244 e. The Morgan fingerprint density at radius 1 is 1.10 bits per heavy atom. The van der Waals surface area contributed by atoms with Crippen molar-refractivity contribution < 1.29 is 0 Å². The van der Waals surface area contributed by atoms with Gasteiger partial charge in [-0.2, -0.15) is 0 Å². The van der Waals surface area contributed by atoms with Crippen molar-refractivity contribution in [2.24, 2.45) is 0 Å². The Kier molecular flexibility index (Phi) is 2.65. The molecule has 0 fully saturated rings. The highest BCUT2D eigenvalue weighted by molar-refractivity contribution is 7.17. The van der Waals surface area contributed by atoms with Crippen LogP contribution in [0.2, 0.25) is 5.15 Å². The van der Waals surface area contributed by atoms with Crippen LogP contribution < -0.4 is 0 Å². The van der Waals surface area contributed by atoms with E-state index in [4.69, 9.17) is 11.6 Å². The van der Waals surface area contributed by atoms with Crippen molar-refractivity contribution in [3.05, 3.63) is 53.4 Å². The lowest BCUT2D eigenvalue weighted by Gasteiger charge is -2.02. The Morgan fingerprint density at radius 2 is 2.05 bits per heavy atom. The lowest BCUT2D eigenvalue weighted by Crippen LogP contribution is -1.83. The smallest absolute Gasteiger partial charge is 0.129 e. The molecule has 0 saturated heterocycles. The van der Waals surface area contributed by atoms with E-state index in [2.05, 4.69) is 32.5 Å². The first-order chi connectivity index (χ1) is 9.81. The minimum Gasteiger partial charge on any atom is -0.244 e. The average Bonchev–Trinajstić information content (AvgIpc) is 2.89. The van der Waals surface area contributed by atoms with E-state index >= 15 is 0 Å². The molecule has 3 aromatic heterocycles. The highest BCUT2D eigenvalue weighted by atomic mass is 35.5. The number of hydrogen-bond donors (Lipinski definition) is 0. The summed E-state index contributed by atoms with van der Waals surface area (Å²) in [6.45, 7) is 0. The Hall–Kier alpha value is -2.04. The van der Waals surface area contributed by atoms with Gasteiger partial charge in [-0.3, -0.25) is 0 Å². The third kappa shape index (κ3) is 1.85. The fourth-order valence-electron chi connectivity index (χ4n) is 2.25. The summed E-state index contributed by atoms with van der Waals surface area (Å²) >= 11 is 7.67. The highest BCUT2D eigenvalue weighted by Gasteiger charge is 2.09. The molecule has 0 unspecified atom stereocenters. The van der Waals surface area contributed by atoms with E-state index in [9.17, 15) is 0 Å². The second-order valence-electron chi connectivity index (χ2n) is 4.43. The van der Waals surface area contributed by atoms with Gasteiger partial charge in [-0.25, -0.2) is 15.0 Å². The SMILES string of the molecule is Clc1ccc2scc(-c3ccc4ncncc4c3)c2n1. The van der Waals surface area contributed by atoms with Crippen molar-refractivity contribution in [2.75, 3.05) is 0 Å². The van der Waals surface area contributed by atoms with E-state index in [0.29, 0.717) is 5.15 Å². The van der Waals surface area contributed by atoms with E-state index in [1.54, 1.807) is 17.7 Å². The molecule has 3 nitrogen and oxygen atoms in total. The van der Waals surface area contributed by atoms with Gasteiger partial charge >= 0.3 is 0 Å². The van der Waals surface area contributed by atoms with E-state index < -0.39 is 0 Å². The van der Waals surface area contributed by atoms with Gasteiger partial charge in [-0.1, -0.05) is 17.7 Å². The minimum atomic E-state index is 0.515. The van der Waals surface area contributed by atoms with Crippen LogP contribution >= 0.6 is 22.9 Å². The van der Waals surface area contributed by atoms with E-state index in [1.165, 1.54) is 0 Å². The third-order valence-electron chi connectivity index (χ3n) is 3.20. The molecule has 0 atom stereocenters. The molecule has 0 aliphatic heterocycles. The van der Waals surface area contributed by atoms with Gasteiger partial charge < -0.3 is 0 Å². The molecule has 0 radical (unpaired) electrons. The van der Waals surface area contributed by atoms with Crippen molar-refractivity contribution in [3.63, 3.8) is 0 Å². The average molecular weight is 298 g/mol. The molecule has 0 aliphatic carbocycles. The highest BCUT2D eigenvalue weighted by Crippen LogP contribution is 2.34. The van der Waals surface area contributed by atoms with Gasteiger partial charge in [0.1, 0.15) is 11.5 Å². The predicted molar refractivity (Wildman–Crippen MR) is 83.2 cm³/mol. The van der Waals surface area contributed by atoms with Gasteiger partial charge in [0.15, 0.2) is 0 Å². The van der Waals surface area contributed by atoms with Crippen LogP contribution in [-0.4, -0.2) is 15.0 Å². The number of benzene rings is 1. The Labute approximate surface area is 123 Å². The second kappa shape index (κ2) is 4.51. The molecule has 3 heterocycles. The van der Waals surface area contributed by atoms with Crippen molar-refractivity contribution in [1.29, 1.82) is 0 Å². The van der Waals surface area contributed by atoms with Crippen LogP contribution in [0.4, 0.5) is 0 Å². The Morgan fingerprint density at radius 3 is 3.00 bits per heavy atom. The topological polar surface area (TPSA) is 38.7 Å². The van der Waals surface area contributed by atoms with Crippen LogP contribution in [0.3, 0.4) is 0 Å². The molecule has 1 aromatic carbocycles. The summed E-state index contributed by atoms with van der Waals surface area (Å²) in [5.74, 6) is 0. The van der Waals surface area contributed by atoms with Gasteiger partial charge in [0.25, 0.3) is 0 Å². The first-order valence-corrected chi connectivity index (χ1v) is 7.31. The molecular weight excluding hydrogens is 290 g/mol. The second-order valence-corrected chi connectivity index (χ2v) is 5.72. The maximum atomic E-state index is 6.00. The molecule has 0 amide bonds. The van der Waals surface area contributed by atoms with Crippen molar-refractivity contribution >= 4 is 44.1 Å². The van der Waals surface area contributed by atoms with E-state index in [0.717, 1.165) is 32.2 Å². The number of fused-ring (bicyclic) bond motifs is 2. The molecule has 96 valence electrons. The normalized spacial score (nSPS) is 11.2. The zero-order valence-corrected chi connectivity index (χ0v) is 11.8. The van der Waals surface area contributed by atoms with Crippen LogP contribution in [0.25, 0.3) is 32.2 Å². The van der Waals surface area contributed by atoms with Crippen LogP contribution in [0.1, 0.15) is 0 Å². The number of aromatic nitrogens is 3. The number of nitrogens with zero attached hydrogens (tertiary/aromatic N) is 3. The minimum absolute atomic E-state index is 0.515. The summed E-state index contributed by atoms with van der Waals surface area (Å²) in [6.07, 6.45) is 3.38. The molecular formula is C15H8ClN3S. The Bertz CT molecular complexity index is 933. The number of rotatable bonds is 1. The summed E-state index contributed by atoms with van der Waals surface area (Å²) in [6, 6.07) is 9.96. The zero-order chi connectivity index (χ0) is 13.5. The first-order valence-electron chi connectivity index (χ1n) is 6.05. The van der Waals surface area contributed by atoms with Crippen molar-refractivity contribution in [3.8, 4) is 11.1 Å². The zero-order valence-electron chi connectivity index (χ0n) is 10.2. The number of thiophene rings is 1. The fourth-order valence-corrected chi connectivity index (χ4v) is 3.30. The lowest BCUT2D eigenvalue weighted by atomic mass is 10.1. The maximum Gasteiger partial charge on any atom is 0.129 e. The van der Waals surface area contributed by atoms with Crippen molar-refractivity contribution in [2.45, 2.75) is 0 Å². The van der Waals surface area contributed by atoms with Crippen LogP contribution in [0.15, 0.2) is 48.2 Å². The Balaban J connectivity index is 1.98. The number of pyridine rings is 1. The predicted octanol–water partition coefficient (Wildman–Crippen LogP) is 4.56. The number of halogens is 1. The van der Waals surface area contributed by atoms with Gasteiger partial charge in [0.2, 0.25) is 0 Å². The molecule has 20 heavy (non-hydrogen) atoms. The van der Waals surface area contributed by atoms with E-state index in [1.807, 2.05) is 24.4 Å². The van der Waals surface area contributed by atoms with Gasteiger partial charge in [0.05, 0.1) is 15.7 Å². The van der Waals surface area contributed by atoms with Crippen LogP contribution in [-0.2, 0) is 0 Å². The summed E-state index contributed by atoms with van der Waals surface area (Å²) in [5.41, 5.74) is 4.08. The molecule has 4 rings (SSSR count). The van der Waals surface area contributed by atoms with Gasteiger partial charge in [0, 0.05) is 22.5 Å². The molecule has 0 spiro atoms. The third-order valence-corrected chi connectivity index (χ3v) is 4.35. The summed E-state index contributed by atoms with van der Waals surface area (Å²) in [4.78, 5) is 12.7. The first kappa shape index (κ1) is 11.8. The lowest BCUT2D eigenvalue weighted by molar-refractivity contribution is 1.22. The monoisotopic (exact) mass is 297 g/mol. The molecule has 0 bridgehead atoms. The standard InChI is InChI=1S/C15H8ClN3S/c16-14-4-3-13-15(19-14)11(7-20-13)9-1-2-12-10(5-9)6-17-8-18-12/h1-8H. The fraction of sp³-hybridized carbons (Fsp3) is 0. The van der Waals surface area contributed by atoms with Crippen LogP contribution in [0.5, 0.6) is 0 Å². The summed E-state index contributed by atoms with van der Waals surface area (Å²) in [5, 5.41) is 3.64. The van der Waals surface area contributed by atoms with Gasteiger partial charge in [-0.05, 0) is 29.8 Å². The summed E-state index contributed by atoms with van der Waals surface area (Å²) in [7, 11) is 0. The molecule has 5 heteroatoms. The quantitative estimate of drug-likeness (QED) is 0.483. The molecule has 4 aromatic rings.